The first kappa shape index (κ1) is 23.4. The zero-order valence-electron chi connectivity index (χ0n) is 20.2. The summed E-state index contributed by atoms with van der Waals surface area (Å²) >= 11 is 0. The first-order chi connectivity index (χ1) is 17.5. The number of likely N-dealkylation sites (N-methyl/N-ethyl adjacent to an activating group) is 1. The number of rotatable bonds is 7. The molecule has 1 aliphatic rings. The average molecular weight is 482 g/mol. The second-order valence-corrected chi connectivity index (χ2v) is 8.85. The van der Waals surface area contributed by atoms with Crippen LogP contribution < -0.4 is 10.3 Å². The third-order valence-corrected chi connectivity index (χ3v) is 6.26. The van der Waals surface area contributed by atoms with Crippen molar-refractivity contribution in [2.45, 2.75) is 19.0 Å². The minimum atomic E-state index is -0.217. The van der Waals surface area contributed by atoms with Crippen LogP contribution in [0.4, 0.5) is 0 Å². The molecule has 0 fully saturated rings. The molecule has 1 amide bonds. The molecule has 0 saturated carbocycles. The van der Waals surface area contributed by atoms with Crippen LogP contribution in [-0.4, -0.2) is 52.2 Å². The summed E-state index contributed by atoms with van der Waals surface area (Å²) in [4.78, 5) is 35.1. The van der Waals surface area contributed by atoms with E-state index in [2.05, 4.69) is 9.97 Å². The van der Waals surface area contributed by atoms with E-state index in [1.165, 1.54) is 0 Å². The molecule has 4 aromatic rings. The molecule has 3 aromatic carbocycles. The van der Waals surface area contributed by atoms with Gasteiger partial charge >= 0.3 is 0 Å². The van der Waals surface area contributed by atoms with Gasteiger partial charge in [-0.1, -0.05) is 54.6 Å². The van der Waals surface area contributed by atoms with E-state index in [4.69, 9.17) is 9.84 Å². The van der Waals surface area contributed by atoms with Crippen LogP contribution in [0.2, 0.25) is 0 Å². The predicted molar refractivity (Wildman–Crippen MR) is 139 cm³/mol. The molecule has 8 heteroatoms. The lowest BCUT2D eigenvalue weighted by Gasteiger charge is -2.24. The molecule has 2 heterocycles. The lowest BCUT2D eigenvalue weighted by molar-refractivity contribution is -0.134. The van der Waals surface area contributed by atoms with Gasteiger partial charge in [0.15, 0.2) is 0 Å². The van der Waals surface area contributed by atoms with Gasteiger partial charge in [0, 0.05) is 6.42 Å². The zero-order chi connectivity index (χ0) is 25.1. The number of amides is 1. The predicted octanol–water partition coefficient (Wildman–Crippen LogP) is 3.74. The van der Waals surface area contributed by atoms with Crippen molar-refractivity contribution in [2.75, 3.05) is 20.7 Å². The number of H-pyrrole nitrogens is 1. The highest BCUT2D eigenvalue weighted by Crippen LogP contribution is 2.33. The lowest BCUT2D eigenvalue weighted by Crippen LogP contribution is -2.36. The van der Waals surface area contributed by atoms with Crippen molar-refractivity contribution >= 4 is 22.5 Å². The Labute approximate surface area is 208 Å². The fraction of sp³-hybridized carbons (Fsp3) is 0.214. The van der Waals surface area contributed by atoms with Gasteiger partial charge in [0.25, 0.3) is 11.5 Å². The number of nitrogens with zero attached hydrogens (tertiary/aromatic N) is 4. The smallest absolute Gasteiger partial charge is 0.258 e. The van der Waals surface area contributed by atoms with E-state index in [9.17, 15) is 9.59 Å². The number of ether oxygens (including phenoxy) is 1. The molecule has 182 valence electrons. The van der Waals surface area contributed by atoms with E-state index in [0.29, 0.717) is 29.7 Å². The Bertz CT molecular complexity index is 1460. The molecule has 1 aliphatic heterocycles. The molecule has 0 saturated heterocycles. The highest BCUT2D eigenvalue weighted by molar-refractivity contribution is 6.03. The zero-order valence-corrected chi connectivity index (χ0v) is 20.2. The summed E-state index contributed by atoms with van der Waals surface area (Å²) in [6.45, 7) is 0.441. The minimum Gasteiger partial charge on any atom is -0.497 e. The number of carbonyl (C=O) groups excluding carboxylic acids is 1. The Hall–Kier alpha value is -4.30. The van der Waals surface area contributed by atoms with Crippen LogP contribution >= 0.6 is 0 Å². The number of fused-ring (bicyclic) bond motifs is 1. The van der Waals surface area contributed by atoms with Crippen molar-refractivity contribution in [1.82, 2.24) is 19.9 Å². The number of carbonyl (C=O) groups is 1. The van der Waals surface area contributed by atoms with Crippen molar-refractivity contribution in [3.05, 3.63) is 106 Å². The number of hydrazone groups is 1. The maximum Gasteiger partial charge on any atom is 0.258 e. The van der Waals surface area contributed by atoms with E-state index in [-0.39, 0.29) is 24.1 Å². The van der Waals surface area contributed by atoms with Crippen molar-refractivity contribution in [3.63, 3.8) is 0 Å². The third-order valence-electron chi connectivity index (χ3n) is 6.26. The maximum absolute atomic E-state index is 13.5. The Balaban J connectivity index is 1.36. The highest BCUT2D eigenvalue weighted by Gasteiger charge is 2.33. The molecule has 8 nitrogen and oxygen atoms in total. The van der Waals surface area contributed by atoms with Crippen LogP contribution in [0, 0.1) is 0 Å². The Morgan fingerprint density at radius 1 is 1.06 bits per heavy atom. The van der Waals surface area contributed by atoms with Gasteiger partial charge in [-0.2, -0.15) is 5.10 Å². The first-order valence-corrected chi connectivity index (χ1v) is 11.8. The Morgan fingerprint density at radius 2 is 1.78 bits per heavy atom. The van der Waals surface area contributed by atoms with Gasteiger partial charge in [-0.25, -0.2) is 9.99 Å². The van der Waals surface area contributed by atoms with E-state index in [1.54, 1.807) is 18.2 Å². The number of para-hydroxylation sites is 1. The van der Waals surface area contributed by atoms with Crippen LogP contribution in [0.1, 0.15) is 29.4 Å². The lowest BCUT2D eigenvalue weighted by atomic mass is 9.98. The highest BCUT2D eigenvalue weighted by atomic mass is 16.5. The molecule has 0 aliphatic carbocycles. The average Bonchev–Trinajstić information content (AvgIpc) is 3.35. The number of benzene rings is 3. The summed E-state index contributed by atoms with van der Waals surface area (Å²) in [5.41, 5.74) is 3.30. The first-order valence-electron chi connectivity index (χ1n) is 11.8. The summed E-state index contributed by atoms with van der Waals surface area (Å²) in [7, 11) is 3.46. The van der Waals surface area contributed by atoms with Crippen LogP contribution in [0.5, 0.6) is 5.75 Å². The molecule has 1 N–H and O–H groups in total. The largest absolute Gasteiger partial charge is 0.497 e. The Morgan fingerprint density at radius 3 is 2.53 bits per heavy atom. The van der Waals surface area contributed by atoms with Gasteiger partial charge in [0.1, 0.15) is 11.6 Å². The number of methoxy groups -OCH3 is 1. The summed E-state index contributed by atoms with van der Waals surface area (Å²) in [5.74, 6) is 1.14. The van der Waals surface area contributed by atoms with Crippen molar-refractivity contribution < 1.29 is 9.53 Å². The fourth-order valence-corrected chi connectivity index (χ4v) is 4.46. The van der Waals surface area contributed by atoms with Crippen LogP contribution in [0.15, 0.2) is 88.8 Å². The third kappa shape index (κ3) is 4.89. The van der Waals surface area contributed by atoms with E-state index in [0.717, 1.165) is 22.6 Å². The molecule has 1 aromatic heterocycles. The number of aromatic amines is 1. The van der Waals surface area contributed by atoms with Gasteiger partial charge in [-0.3, -0.25) is 14.5 Å². The Kier molecular flexibility index (Phi) is 6.60. The van der Waals surface area contributed by atoms with Gasteiger partial charge in [0.2, 0.25) is 0 Å². The number of hydrogen-bond acceptors (Lipinski definition) is 6. The topological polar surface area (TPSA) is 90.9 Å². The summed E-state index contributed by atoms with van der Waals surface area (Å²) in [5, 5.41) is 6.87. The molecule has 1 unspecified atom stereocenters. The van der Waals surface area contributed by atoms with Gasteiger partial charge in [0.05, 0.1) is 42.9 Å². The molecule has 0 spiro atoms. The van der Waals surface area contributed by atoms with Crippen LogP contribution in [-0.2, 0) is 11.3 Å². The van der Waals surface area contributed by atoms with Gasteiger partial charge in [-0.05, 0) is 42.4 Å². The van der Waals surface area contributed by atoms with Gasteiger partial charge < -0.3 is 9.72 Å². The summed E-state index contributed by atoms with van der Waals surface area (Å²) in [6.07, 6.45) is 0.616. The number of aromatic nitrogens is 2. The fourth-order valence-electron chi connectivity index (χ4n) is 4.46. The van der Waals surface area contributed by atoms with Crippen molar-refractivity contribution in [3.8, 4) is 5.75 Å². The van der Waals surface area contributed by atoms with Crippen LogP contribution in [0.3, 0.4) is 0 Å². The molecular formula is C28H27N5O3. The normalized spacial score (nSPS) is 15.4. The maximum atomic E-state index is 13.5. The monoisotopic (exact) mass is 481 g/mol. The molecule has 0 radical (unpaired) electrons. The number of hydrogen-bond donors (Lipinski definition) is 1. The minimum absolute atomic E-state index is 0.120. The van der Waals surface area contributed by atoms with Crippen molar-refractivity contribution in [1.29, 1.82) is 0 Å². The second-order valence-electron chi connectivity index (χ2n) is 8.85. The van der Waals surface area contributed by atoms with E-state index >= 15 is 0 Å². The number of nitrogens with one attached hydrogen (secondary N) is 1. The summed E-state index contributed by atoms with van der Waals surface area (Å²) < 4.78 is 5.29. The molecule has 0 bridgehead atoms. The summed E-state index contributed by atoms with van der Waals surface area (Å²) in [6, 6.07) is 24.6. The second kappa shape index (κ2) is 10.1. The van der Waals surface area contributed by atoms with Crippen LogP contribution in [0.25, 0.3) is 10.9 Å². The quantitative estimate of drug-likeness (QED) is 0.434. The molecule has 1 atom stereocenters. The molecule has 5 rings (SSSR count). The molecule has 36 heavy (non-hydrogen) atoms. The van der Waals surface area contributed by atoms with E-state index < -0.39 is 0 Å². The van der Waals surface area contributed by atoms with Gasteiger partial charge in [-0.15, -0.1) is 0 Å². The molecular weight excluding hydrogens is 454 g/mol. The van der Waals surface area contributed by atoms with E-state index in [1.807, 2.05) is 84.7 Å². The van der Waals surface area contributed by atoms with Crippen molar-refractivity contribution in [2.24, 2.45) is 5.10 Å². The SMILES string of the molecule is COc1ccc(C2CC(c3ccccc3)=NN2C(=O)CN(C)Cc2nc3ccccc3c(=O)[nH]2)cc1. The standard InChI is InChI=1S/C28H27N5O3/c1-32(17-26-29-23-11-7-6-10-22(23)28(35)30-26)18-27(34)33-25(20-12-14-21(36-2)15-13-20)16-24(31-33)19-8-4-3-5-9-19/h3-15,25H,16-18H2,1-2H3,(H,29,30,35).